The molecule has 3 rings (SSSR count). The number of carbonyl (C=O) groups excluding carboxylic acids is 1. The predicted octanol–water partition coefficient (Wildman–Crippen LogP) is 3.98. The van der Waals surface area contributed by atoms with Gasteiger partial charge < -0.3 is 9.52 Å². The summed E-state index contributed by atoms with van der Waals surface area (Å²) in [6.45, 7) is 0. The Morgan fingerprint density at radius 1 is 1.22 bits per heavy atom. The zero-order valence-electron chi connectivity index (χ0n) is 13.6. The molecule has 136 valence electrons. The molecule has 2 aromatic carbocycles. The maximum atomic E-state index is 11.9. The van der Waals surface area contributed by atoms with Gasteiger partial charge in [-0.25, -0.2) is 5.43 Å². The van der Waals surface area contributed by atoms with Gasteiger partial charge in [-0.05, 0) is 36.4 Å². The lowest BCUT2D eigenvalue weighted by Crippen LogP contribution is -2.17. The minimum atomic E-state index is -0.593. The topological polar surface area (TPSA) is 118 Å². The summed E-state index contributed by atoms with van der Waals surface area (Å²) < 4.78 is 5.51. The lowest BCUT2D eigenvalue weighted by molar-refractivity contribution is -0.384. The quantitative estimate of drug-likeness (QED) is 0.391. The summed E-state index contributed by atoms with van der Waals surface area (Å²) in [6.07, 6.45) is 1.24. The number of carbonyl (C=O) groups is 1. The largest absolute Gasteiger partial charge is 0.507 e. The highest BCUT2D eigenvalue weighted by Crippen LogP contribution is 2.33. The van der Waals surface area contributed by atoms with Gasteiger partial charge in [0, 0.05) is 11.1 Å². The average molecular weight is 386 g/mol. The van der Waals surface area contributed by atoms with Crippen LogP contribution in [0, 0.1) is 10.1 Å². The molecular weight excluding hydrogens is 374 g/mol. The first-order valence-electron chi connectivity index (χ1n) is 7.61. The van der Waals surface area contributed by atoms with E-state index in [1.54, 1.807) is 24.3 Å². The van der Waals surface area contributed by atoms with Crippen LogP contribution in [-0.2, 0) is 0 Å². The first-order valence-corrected chi connectivity index (χ1v) is 7.99. The van der Waals surface area contributed by atoms with E-state index in [0.29, 0.717) is 0 Å². The molecule has 9 heteroatoms. The number of hydrogen-bond acceptors (Lipinski definition) is 6. The van der Waals surface area contributed by atoms with E-state index < -0.39 is 10.8 Å². The second-order valence-electron chi connectivity index (χ2n) is 5.34. The van der Waals surface area contributed by atoms with Crippen LogP contribution < -0.4 is 5.43 Å². The standard InChI is InChI=1S/C18H12ClN3O5/c19-11-5-7-13(15(9-11)22(25)26)17-8-6-12(27-17)10-20-21-18(24)14-3-1-2-4-16(14)23/h1-10,23H,(H,21,24)/b20-10+. The number of aromatic hydroxyl groups is 1. The number of amides is 1. The average Bonchev–Trinajstić information content (AvgIpc) is 3.10. The summed E-state index contributed by atoms with van der Waals surface area (Å²) in [5.41, 5.74) is 2.41. The Kier molecular flexibility index (Phi) is 5.18. The molecule has 0 atom stereocenters. The second-order valence-corrected chi connectivity index (χ2v) is 5.77. The number of para-hydroxylation sites is 1. The zero-order valence-corrected chi connectivity index (χ0v) is 14.4. The van der Waals surface area contributed by atoms with Crippen molar-refractivity contribution in [3.05, 3.63) is 81.1 Å². The van der Waals surface area contributed by atoms with E-state index in [1.165, 1.54) is 36.5 Å². The summed E-state index contributed by atoms with van der Waals surface area (Å²) in [4.78, 5) is 22.6. The molecule has 1 heterocycles. The van der Waals surface area contributed by atoms with Crippen molar-refractivity contribution in [1.29, 1.82) is 0 Å². The van der Waals surface area contributed by atoms with Crippen LogP contribution in [0.2, 0.25) is 5.02 Å². The Labute approximate surface area is 157 Å². The van der Waals surface area contributed by atoms with Gasteiger partial charge >= 0.3 is 0 Å². The molecule has 0 saturated carbocycles. The van der Waals surface area contributed by atoms with E-state index in [0.717, 1.165) is 0 Å². The number of benzene rings is 2. The molecule has 0 bridgehead atoms. The predicted molar refractivity (Wildman–Crippen MR) is 99.0 cm³/mol. The number of hydrogen-bond donors (Lipinski definition) is 2. The Morgan fingerprint density at radius 2 is 2.00 bits per heavy atom. The number of furan rings is 1. The molecule has 0 unspecified atom stereocenters. The smallest absolute Gasteiger partial charge is 0.281 e. The van der Waals surface area contributed by atoms with Gasteiger partial charge in [0.15, 0.2) is 0 Å². The minimum absolute atomic E-state index is 0.0755. The lowest BCUT2D eigenvalue weighted by Gasteiger charge is -2.01. The van der Waals surface area contributed by atoms with Crippen LogP contribution in [0.15, 0.2) is 64.1 Å². The van der Waals surface area contributed by atoms with Gasteiger partial charge in [0.2, 0.25) is 0 Å². The highest BCUT2D eigenvalue weighted by Gasteiger charge is 2.18. The Bertz CT molecular complexity index is 1040. The normalized spacial score (nSPS) is 10.9. The van der Waals surface area contributed by atoms with Crippen LogP contribution in [0.3, 0.4) is 0 Å². The molecule has 0 radical (unpaired) electrons. The van der Waals surface area contributed by atoms with Crippen LogP contribution in [0.5, 0.6) is 5.75 Å². The van der Waals surface area contributed by atoms with Gasteiger partial charge in [-0.2, -0.15) is 5.10 Å². The lowest BCUT2D eigenvalue weighted by atomic mass is 10.1. The second kappa shape index (κ2) is 7.71. The fraction of sp³-hybridized carbons (Fsp3) is 0. The Morgan fingerprint density at radius 3 is 2.74 bits per heavy atom. The molecule has 0 fully saturated rings. The summed E-state index contributed by atoms with van der Waals surface area (Å²) in [6, 6.07) is 13.4. The molecule has 1 amide bonds. The van der Waals surface area contributed by atoms with Gasteiger partial charge in [0.25, 0.3) is 11.6 Å². The fourth-order valence-electron chi connectivity index (χ4n) is 2.31. The van der Waals surface area contributed by atoms with Gasteiger partial charge in [-0.1, -0.05) is 23.7 Å². The molecule has 0 aliphatic heterocycles. The molecule has 0 saturated heterocycles. The number of nitro groups is 1. The number of phenolic OH excluding ortho intramolecular Hbond substituents is 1. The van der Waals surface area contributed by atoms with E-state index >= 15 is 0 Å². The van der Waals surface area contributed by atoms with Crippen molar-refractivity contribution in [3.63, 3.8) is 0 Å². The van der Waals surface area contributed by atoms with Crippen LogP contribution in [0.25, 0.3) is 11.3 Å². The van der Waals surface area contributed by atoms with Crippen molar-refractivity contribution in [2.24, 2.45) is 5.10 Å². The van der Waals surface area contributed by atoms with Crippen molar-refractivity contribution < 1.29 is 19.2 Å². The molecule has 2 N–H and O–H groups in total. The number of phenols is 1. The third-order valence-corrected chi connectivity index (χ3v) is 3.79. The molecule has 8 nitrogen and oxygen atoms in total. The van der Waals surface area contributed by atoms with Gasteiger partial charge in [-0.15, -0.1) is 0 Å². The number of nitrogens with zero attached hydrogens (tertiary/aromatic N) is 2. The molecule has 3 aromatic rings. The van der Waals surface area contributed by atoms with Gasteiger partial charge in [0.1, 0.15) is 17.3 Å². The van der Waals surface area contributed by atoms with E-state index in [2.05, 4.69) is 10.5 Å². The highest BCUT2D eigenvalue weighted by atomic mass is 35.5. The molecule has 0 aliphatic carbocycles. The third-order valence-electron chi connectivity index (χ3n) is 3.56. The van der Waals surface area contributed by atoms with Crippen molar-refractivity contribution >= 4 is 29.4 Å². The Hall–Kier alpha value is -3.65. The van der Waals surface area contributed by atoms with E-state index in [-0.39, 0.29) is 39.1 Å². The number of halogens is 1. The zero-order chi connectivity index (χ0) is 19.4. The number of nitro benzene ring substituents is 1. The molecule has 1 aromatic heterocycles. The first-order chi connectivity index (χ1) is 13.0. The monoisotopic (exact) mass is 385 g/mol. The van der Waals surface area contributed by atoms with Crippen molar-refractivity contribution in [1.82, 2.24) is 5.43 Å². The van der Waals surface area contributed by atoms with Crippen molar-refractivity contribution in [2.75, 3.05) is 0 Å². The summed E-state index contributed by atoms with van der Waals surface area (Å²) >= 11 is 5.80. The number of nitrogens with one attached hydrogen (secondary N) is 1. The van der Waals surface area contributed by atoms with Crippen LogP contribution in [0.1, 0.15) is 16.1 Å². The minimum Gasteiger partial charge on any atom is -0.507 e. The third kappa shape index (κ3) is 4.13. The highest BCUT2D eigenvalue weighted by molar-refractivity contribution is 6.30. The maximum absolute atomic E-state index is 11.9. The van der Waals surface area contributed by atoms with E-state index in [9.17, 15) is 20.0 Å². The molecule has 27 heavy (non-hydrogen) atoms. The van der Waals surface area contributed by atoms with Gasteiger partial charge in [0.05, 0.1) is 22.3 Å². The molecule has 0 aliphatic rings. The van der Waals surface area contributed by atoms with Crippen LogP contribution >= 0.6 is 11.6 Å². The maximum Gasteiger partial charge on any atom is 0.281 e. The molecule has 0 spiro atoms. The van der Waals surface area contributed by atoms with Crippen molar-refractivity contribution in [2.45, 2.75) is 0 Å². The summed E-state index contributed by atoms with van der Waals surface area (Å²) in [5.74, 6) is -0.233. The van der Waals surface area contributed by atoms with Crippen molar-refractivity contribution in [3.8, 4) is 17.1 Å². The SMILES string of the molecule is O=C(N/N=C/c1ccc(-c2ccc(Cl)cc2[N+](=O)[O-])o1)c1ccccc1O. The number of hydrazone groups is 1. The Balaban J connectivity index is 1.75. The van der Waals surface area contributed by atoms with Gasteiger partial charge in [-0.3, -0.25) is 14.9 Å². The first kappa shape index (κ1) is 18.2. The number of rotatable bonds is 5. The summed E-state index contributed by atoms with van der Waals surface area (Å²) in [7, 11) is 0. The fourth-order valence-corrected chi connectivity index (χ4v) is 2.48. The van der Waals surface area contributed by atoms with E-state index in [4.69, 9.17) is 16.0 Å². The van der Waals surface area contributed by atoms with E-state index in [1.807, 2.05) is 0 Å². The summed E-state index contributed by atoms with van der Waals surface area (Å²) in [5, 5.41) is 24.8. The van der Waals surface area contributed by atoms with Crippen LogP contribution in [-0.4, -0.2) is 22.2 Å². The van der Waals surface area contributed by atoms with Crippen LogP contribution in [0.4, 0.5) is 5.69 Å². The molecular formula is C18H12ClN3O5.